The van der Waals surface area contributed by atoms with Crippen molar-refractivity contribution >= 4 is 17.0 Å². The topological polar surface area (TPSA) is 64.3 Å². The number of benzene rings is 1. The van der Waals surface area contributed by atoms with Gasteiger partial charge >= 0.3 is 5.97 Å². The first kappa shape index (κ1) is 13.1. The van der Waals surface area contributed by atoms with E-state index < -0.39 is 5.97 Å². The van der Waals surface area contributed by atoms with Crippen LogP contribution in [0.1, 0.15) is 35.4 Å². The number of fused-ring (bicyclic) bond motifs is 1. The van der Waals surface area contributed by atoms with E-state index in [2.05, 4.69) is 9.55 Å². The summed E-state index contributed by atoms with van der Waals surface area (Å²) in [7, 11) is 0. The molecule has 1 saturated heterocycles. The zero-order valence-corrected chi connectivity index (χ0v) is 11.5. The van der Waals surface area contributed by atoms with Crippen molar-refractivity contribution < 1.29 is 14.6 Å². The van der Waals surface area contributed by atoms with Gasteiger partial charge in [0.05, 0.1) is 17.2 Å². The summed E-state index contributed by atoms with van der Waals surface area (Å²) in [4.78, 5) is 15.7. The van der Waals surface area contributed by atoms with Gasteiger partial charge in [0.25, 0.3) is 0 Å². The number of carbonyl (C=O) groups is 1. The Kier molecular flexibility index (Phi) is 3.44. The standard InChI is InChI=1S/C15H18N2O3/c1-10-16-14-12(15(18)19)5-2-6-13(14)17(10)8-7-11-4-3-9-20-11/h2,5-6,11H,3-4,7-9H2,1H3,(H,18,19). The van der Waals surface area contributed by atoms with Crippen molar-refractivity contribution in [3.63, 3.8) is 0 Å². The van der Waals surface area contributed by atoms with Crippen LogP contribution in [-0.2, 0) is 11.3 Å². The number of aryl methyl sites for hydroxylation is 2. The highest BCUT2D eigenvalue weighted by molar-refractivity contribution is 6.01. The van der Waals surface area contributed by atoms with Crippen molar-refractivity contribution in [2.24, 2.45) is 0 Å². The molecular weight excluding hydrogens is 256 g/mol. The van der Waals surface area contributed by atoms with Gasteiger partial charge in [-0.05, 0) is 38.3 Å². The van der Waals surface area contributed by atoms with Crippen LogP contribution in [0, 0.1) is 6.92 Å². The molecule has 5 heteroatoms. The first-order chi connectivity index (χ1) is 9.66. The Labute approximate surface area is 117 Å². The molecule has 1 N–H and O–H groups in total. The number of hydrogen-bond donors (Lipinski definition) is 1. The van der Waals surface area contributed by atoms with E-state index in [9.17, 15) is 9.90 Å². The quantitative estimate of drug-likeness (QED) is 0.930. The fourth-order valence-electron chi connectivity index (χ4n) is 2.86. The Bertz CT molecular complexity index is 642. The zero-order valence-electron chi connectivity index (χ0n) is 11.5. The number of aromatic nitrogens is 2. The lowest BCUT2D eigenvalue weighted by molar-refractivity contribution is 0.0699. The second-order valence-corrected chi connectivity index (χ2v) is 5.21. The van der Waals surface area contributed by atoms with Crippen LogP contribution >= 0.6 is 0 Å². The average Bonchev–Trinajstić information content (AvgIpc) is 3.02. The third-order valence-corrected chi connectivity index (χ3v) is 3.90. The third-order valence-electron chi connectivity index (χ3n) is 3.90. The molecule has 0 aliphatic carbocycles. The Hall–Kier alpha value is -1.88. The summed E-state index contributed by atoms with van der Waals surface area (Å²) in [6.07, 6.45) is 3.53. The number of nitrogens with zero attached hydrogens (tertiary/aromatic N) is 2. The van der Waals surface area contributed by atoms with Crippen LogP contribution < -0.4 is 0 Å². The highest BCUT2D eigenvalue weighted by atomic mass is 16.5. The highest BCUT2D eigenvalue weighted by Gasteiger charge is 2.18. The van der Waals surface area contributed by atoms with E-state index in [4.69, 9.17) is 4.74 Å². The molecule has 2 heterocycles. The Morgan fingerprint density at radius 1 is 1.55 bits per heavy atom. The van der Waals surface area contributed by atoms with Crippen LogP contribution in [0.4, 0.5) is 0 Å². The lowest BCUT2D eigenvalue weighted by Crippen LogP contribution is -2.11. The molecular formula is C15H18N2O3. The van der Waals surface area contributed by atoms with Gasteiger partial charge < -0.3 is 14.4 Å². The van der Waals surface area contributed by atoms with Crippen molar-refractivity contribution in [2.75, 3.05) is 6.61 Å². The van der Waals surface area contributed by atoms with Gasteiger partial charge in [-0.1, -0.05) is 6.07 Å². The van der Waals surface area contributed by atoms with E-state index in [0.29, 0.717) is 11.6 Å². The van der Waals surface area contributed by atoms with Crippen molar-refractivity contribution in [1.82, 2.24) is 9.55 Å². The van der Waals surface area contributed by atoms with Gasteiger partial charge in [-0.15, -0.1) is 0 Å². The molecule has 5 nitrogen and oxygen atoms in total. The summed E-state index contributed by atoms with van der Waals surface area (Å²) in [6.45, 7) is 3.59. The highest BCUT2D eigenvalue weighted by Crippen LogP contribution is 2.22. The maximum absolute atomic E-state index is 11.2. The van der Waals surface area contributed by atoms with Crippen LogP contribution in [-0.4, -0.2) is 33.3 Å². The van der Waals surface area contributed by atoms with E-state index in [1.54, 1.807) is 12.1 Å². The van der Waals surface area contributed by atoms with Gasteiger partial charge in [-0.2, -0.15) is 0 Å². The van der Waals surface area contributed by atoms with E-state index in [1.807, 2.05) is 13.0 Å². The minimum Gasteiger partial charge on any atom is -0.478 e. The molecule has 106 valence electrons. The molecule has 3 rings (SSSR count). The molecule has 0 saturated carbocycles. The first-order valence-electron chi connectivity index (χ1n) is 6.97. The molecule has 0 spiro atoms. The smallest absolute Gasteiger partial charge is 0.337 e. The van der Waals surface area contributed by atoms with E-state index in [0.717, 1.165) is 43.8 Å². The molecule has 1 aliphatic heterocycles. The molecule has 0 bridgehead atoms. The Morgan fingerprint density at radius 3 is 3.10 bits per heavy atom. The summed E-state index contributed by atoms with van der Waals surface area (Å²) in [6, 6.07) is 5.30. The fraction of sp³-hybridized carbons (Fsp3) is 0.467. The molecule has 2 aromatic rings. The van der Waals surface area contributed by atoms with Gasteiger partial charge in [0, 0.05) is 13.2 Å². The predicted molar refractivity (Wildman–Crippen MR) is 75.0 cm³/mol. The van der Waals surface area contributed by atoms with Crippen molar-refractivity contribution in [3.05, 3.63) is 29.6 Å². The van der Waals surface area contributed by atoms with Gasteiger partial charge in [0.15, 0.2) is 0 Å². The van der Waals surface area contributed by atoms with Crippen LogP contribution in [0.2, 0.25) is 0 Å². The molecule has 0 radical (unpaired) electrons. The molecule has 1 unspecified atom stereocenters. The normalized spacial score (nSPS) is 18.8. The fourth-order valence-corrected chi connectivity index (χ4v) is 2.86. The molecule has 1 fully saturated rings. The largest absolute Gasteiger partial charge is 0.478 e. The lowest BCUT2D eigenvalue weighted by atomic mass is 10.1. The monoisotopic (exact) mass is 274 g/mol. The van der Waals surface area contributed by atoms with Crippen molar-refractivity contribution in [3.8, 4) is 0 Å². The number of ether oxygens (including phenoxy) is 1. The number of carboxylic acids is 1. The maximum atomic E-state index is 11.2. The summed E-state index contributed by atoms with van der Waals surface area (Å²) in [5, 5.41) is 9.22. The number of para-hydroxylation sites is 1. The van der Waals surface area contributed by atoms with Gasteiger partial charge in [-0.25, -0.2) is 9.78 Å². The number of hydrogen-bond acceptors (Lipinski definition) is 3. The molecule has 20 heavy (non-hydrogen) atoms. The summed E-state index contributed by atoms with van der Waals surface area (Å²) in [5.41, 5.74) is 1.73. The number of rotatable bonds is 4. The van der Waals surface area contributed by atoms with Gasteiger partial charge in [-0.3, -0.25) is 0 Å². The van der Waals surface area contributed by atoms with Crippen LogP contribution in [0.5, 0.6) is 0 Å². The van der Waals surface area contributed by atoms with Crippen molar-refractivity contribution in [1.29, 1.82) is 0 Å². The number of aromatic carboxylic acids is 1. The van der Waals surface area contributed by atoms with Crippen LogP contribution in [0.25, 0.3) is 11.0 Å². The minimum absolute atomic E-state index is 0.265. The van der Waals surface area contributed by atoms with E-state index in [-0.39, 0.29) is 5.56 Å². The predicted octanol–water partition coefficient (Wildman–Crippen LogP) is 2.61. The number of imidazole rings is 1. The Morgan fingerprint density at radius 2 is 2.40 bits per heavy atom. The second-order valence-electron chi connectivity index (χ2n) is 5.21. The lowest BCUT2D eigenvalue weighted by Gasteiger charge is -2.11. The molecule has 1 aromatic heterocycles. The molecule has 1 aromatic carbocycles. The summed E-state index contributed by atoms with van der Waals surface area (Å²) < 4.78 is 7.72. The zero-order chi connectivity index (χ0) is 14.1. The minimum atomic E-state index is -0.931. The third kappa shape index (κ3) is 2.29. The first-order valence-corrected chi connectivity index (χ1v) is 6.97. The average molecular weight is 274 g/mol. The van der Waals surface area contributed by atoms with E-state index >= 15 is 0 Å². The SMILES string of the molecule is Cc1nc2c(C(=O)O)cccc2n1CCC1CCCO1. The van der Waals surface area contributed by atoms with E-state index in [1.165, 1.54) is 0 Å². The second kappa shape index (κ2) is 5.25. The molecule has 0 amide bonds. The van der Waals surface area contributed by atoms with Crippen LogP contribution in [0.15, 0.2) is 18.2 Å². The van der Waals surface area contributed by atoms with Gasteiger partial charge in [0.2, 0.25) is 0 Å². The summed E-state index contributed by atoms with van der Waals surface area (Å²) in [5.74, 6) is -0.0777. The summed E-state index contributed by atoms with van der Waals surface area (Å²) >= 11 is 0. The Balaban J connectivity index is 1.92. The van der Waals surface area contributed by atoms with Gasteiger partial charge in [0.1, 0.15) is 11.3 Å². The molecule has 1 aliphatic rings. The number of carboxylic acid groups (broad SMARTS) is 1. The maximum Gasteiger partial charge on any atom is 0.337 e. The van der Waals surface area contributed by atoms with Crippen LogP contribution in [0.3, 0.4) is 0 Å². The molecule has 1 atom stereocenters. The van der Waals surface area contributed by atoms with Crippen molar-refractivity contribution in [2.45, 2.75) is 38.8 Å².